The molecule has 2 aromatic carbocycles. The third kappa shape index (κ3) is 2.34. The minimum absolute atomic E-state index is 0.900. The maximum atomic E-state index is 6.35. The molecule has 3 rings (SSSR count). The average Bonchev–Trinajstić information content (AvgIpc) is 2.48. The minimum Gasteiger partial charge on any atom is -0.398 e. The van der Waals surface area contributed by atoms with Gasteiger partial charge in [0.05, 0.1) is 11.0 Å². The Hall–Kier alpha value is -2.09. The quantitative estimate of drug-likeness (QED) is 0.421. The van der Waals surface area contributed by atoms with Gasteiger partial charge in [-0.2, -0.15) is 0 Å². The van der Waals surface area contributed by atoms with E-state index in [-0.39, 0.29) is 0 Å². The van der Waals surface area contributed by atoms with Crippen LogP contribution in [0.1, 0.15) is 31.7 Å². The fourth-order valence-corrected chi connectivity index (χ4v) is 2.70. The zero-order chi connectivity index (χ0) is 13.9. The number of rotatable bonds is 4. The van der Waals surface area contributed by atoms with Gasteiger partial charge in [-0.1, -0.05) is 44.0 Å². The molecule has 0 atom stereocenters. The van der Waals surface area contributed by atoms with Crippen LogP contribution in [0.15, 0.2) is 42.5 Å². The number of nitrogen functional groups attached to an aromatic ring is 1. The van der Waals surface area contributed by atoms with E-state index >= 15 is 0 Å². The highest BCUT2D eigenvalue weighted by Gasteiger charge is 2.07. The Balaban J connectivity index is 2.08. The van der Waals surface area contributed by atoms with Crippen LogP contribution in [0, 0.1) is 0 Å². The SMILES string of the molecule is CCCCCc1ccc2nc3ccccc3cc2c1N. The highest BCUT2D eigenvalue weighted by Crippen LogP contribution is 2.28. The van der Waals surface area contributed by atoms with Crippen LogP contribution in [-0.4, -0.2) is 4.98 Å². The van der Waals surface area contributed by atoms with Crippen LogP contribution < -0.4 is 5.73 Å². The normalized spacial score (nSPS) is 11.2. The van der Waals surface area contributed by atoms with Gasteiger partial charge in [0, 0.05) is 16.5 Å². The second-order valence-corrected chi connectivity index (χ2v) is 5.34. The molecule has 0 saturated heterocycles. The third-order valence-electron chi connectivity index (χ3n) is 3.88. The summed E-state index contributed by atoms with van der Waals surface area (Å²) in [5.74, 6) is 0. The average molecular weight is 264 g/mol. The lowest BCUT2D eigenvalue weighted by atomic mass is 10.0. The summed E-state index contributed by atoms with van der Waals surface area (Å²) in [6.07, 6.45) is 4.75. The Morgan fingerprint density at radius 1 is 1.00 bits per heavy atom. The van der Waals surface area contributed by atoms with Crippen LogP contribution in [0.3, 0.4) is 0 Å². The molecular weight excluding hydrogens is 244 g/mol. The first-order chi connectivity index (χ1) is 9.79. The molecule has 0 spiro atoms. The number of benzene rings is 2. The number of anilines is 1. The maximum Gasteiger partial charge on any atom is 0.0730 e. The van der Waals surface area contributed by atoms with E-state index in [9.17, 15) is 0 Å². The fourth-order valence-electron chi connectivity index (χ4n) is 2.70. The summed E-state index contributed by atoms with van der Waals surface area (Å²) in [6.45, 7) is 2.22. The predicted octanol–water partition coefficient (Wildman–Crippen LogP) is 4.70. The molecule has 3 aromatic rings. The summed E-state index contributed by atoms with van der Waals surface area (Å²) in [5.41, 5.74) is 10.5. The van der Waals surface area contributed by atoms with Gasteiger partial charge in [-0.3, -0.25) is 0 Å². The topological polar surface area (TPSA) is 38.9 Å². The Labute approximate surface area is 119 Å². The number of unbranched alkanes of at least 4 members (excludes halogenated alkanes) is 2. The monoisotopic (exact) mass is 264 g/mol. The number of para-hydroxylation sites is 1. The number of nitrogens with two attached hydrogens (primary N) is 1. The molecule has 0 fully saturated rings. The van der Waals surface area contributed by atoms with Crippen LogP contribution in [0.25, 0.3) is 21.8 Å². The molecule has 0 bridgehead atoms. The number of fused-ring (bicyclic) bond motifs is 2. The number of aryl methyl sites for hydroxylation is 1. The number of hydrogen-bond donors (Lipinski definition) is 1. The Bertz CT molecular complexity index is 747. The molecule has 102 valence electrons. The number of hydrogen-bond acceptors (Lipinski definition) is 2. The summed E-state index contributed by atoms with van der Waals surface area (Å²) >= 11 is 0. The fraction of sp³-hybridized carbons (Fsp3) is 0.278. The highest BCUT2D eigenvalue weighted by atomic mass is 14.7. The van der Waals surface area contributed by atoms with Crippen LogP contribution >= 0.6 is 0 Å². The van der Waals surface area contributed by atoms with Gasteiger partial charge in [-0.25, -0.2) is 4.98 Å². The Kier molecular flexibility index (Phi) is 3.55. The largest absolute Gasteiger partial charge is 0.398 e. The molecule has 20 heavy (non-hydrogen) atoms. The summed E-state index contributed by atoms with van der Waals surface area (Å²) in [7, 11) is 0. The first kappa shape index (κ1) is 12.9. The number of pyridine rings is 1. The van der Waals surface area contributed by atoms with Gasteiger partial charge in [0.15, 0.2) is 0 Å². The van der Waals surface area contributed by atoms with Crippen molar-refractivity contribution in [3.63, 3.8) is 0 Å². The molecule has 1 heterocycles. The molecule has 1 aromatic heterocycles. The first-order valence-electron chi connectivity index (χ1n) is 7.36. The molecule has 0 amide bonds. The predicted molar refractivity (Wildman–Crippen MR) is 86.9 cm³/mol. The second kappa shape index (κ2) is 5.49. The first-order valence-corrected chi connectivity index (χ1v) is 7.36. The van der Waals surface area contributed by atoms with Crippen LogP contribution in [-0.2, 0) is 6.42 Å². The van der Waals surface area contributed by atoms with E-state index in [4.69, 9.17) is 10.7 Å². The van der Waals surface area contributed by atoms with Crippen molar-refractivity contribution in [3.8, 4) is 0 Å². The summed E-state index contributed by atoms with van der Waals surface area (Å²) in [6, 6.07) is 14.6. The van der Waals surface area contributed by atoms with E-state index < -0.39 is 0 Å². The third-order valence-corrected chi connectivity index (χ3v) is 3.88. The van der Waals surface area contributed by atoms with Crippen molar-refractivity contribution in [2.45, 2.75) is 32.6 Å². The van der Waals surface area contributed by atoms with Gasteiger partial charge in [0.1, 0.15) is 0 Å². The molecule has 2 N–H and O–H groups in total. The molecule has 0 saturated carbocycles. The van der Waals surface area contributed by atoms with Gasteiger partial charge < -0.3 is 5.73 Å². The minimum atomic E-state index is 0.900. The van der Waals surface area contributed by atoms with E-state index in [1.165, 1.54) is 24.8 Å². The molecule has 0 aliphatic carbocycles. The summed E-state index contributed by atoms with van der Waals surface area (Å²) in [4.78, 5) is 4.70. The highest BCUT2D eigenvalue weighted by molar-refractivity contribution is 5.99. The molecule has 0 radical (unpaired) electrons. The van der Waals surface area contributed by atoms with E-state index in [0.29, 0.717) is 0 Å². The van der Waals surface area contributed by atoms with Crippen molar-refractivity contribution in [2.24, 2.45) is 0 Å². The Morgan fingerprint density at radius 2 is 1.85 bits per heavy atom. The lowest BCUT2D eigenvalue weighted by Gasteiger charge is -2.10. The lowest BCUT2D eigenvalue weighted by Crippen LogP contribution is -1.97. The van der Waals surface area contributed by atoms with E-state index in [1.54, 1.807) is 0 Å². The van der Waals surface area contributed by atoms with Crippen molar-refractivity contribution in [2.75, 3.05) is 5.73 Å². The molecular formula is C18H20N2. The summed E-state index contributed by atoms with van der Waals surface area (Å²) in [5, 5.41) is 2.23. The zero-order valence-electron chi connectivity index (χ0n) is 11.9. The van der Waals surface area contributed by atoms with Gasteiger partial charge in [0.25, 0.3) is 0 Å². The standard InChI is InChI=1S/C18H20N2/c1-2-3-4-7-13-10-11-17-15(18(13)19)12-14-8-5-6-9-16(14)20-17/h5-6,8-12H,2-4,7,19H2,1H3. The van der Waals surface area contributed by atoms with Gasteiger partial charge in [-0.05, 0) is 36.6 Å². The molecule has 0 aliphatic rings. The van der Waals surface area contributed by atoms with Crippen LogP contribution in [0.5, 0.6) is 0 Å². The zero-order valence-corrected chi connectivity index (χ0v) is 11.9. The number of aromatic nitrogens is 1. The number of nitrogens with zero attached hydrogens (tertiary/aromatic N) is 1. The van der Waals surface area contributed by atoms with E-state index in [2.05, 4.69) is 31.2 Å². The van der Waals surface area contributed by atoms with Crippen LogP contribution in [0.4, 0.5) is 5.69 Å². The molecule has 2 heteroatoms. The Morgan fingerprint density at radius 3 is 2.70 bits per heavy atom. The maximum absolute atomic E-state index is 6.35. The van der Waals surface area contributed by atoms with Crippen molar-refractivity contribution in [1.82, 2.24) is 4.98 Å². The van der Waals surface area contributed by atoms with E-state index in [0.717, 1.165) is 33.9 Å². The smallest absolute Gasteiger partial charge is 0.0730 e. The second-order valence-electron chi connectivity index (χ2n) is 5.34. The van der Waals surface area contributed by atoms with Crippen LogP contribution in [0.2, 0.25) is 0 Å². The van der Waals surface area contributed by atoms with Gasteiger partial charge in [0.2, 0.25) is 0 Å². The lowest BCUT2D eigenvalue weighted by molar-refractivity contribution is 0.718. The molecule has 2 nitrogen and oxygen atoms in total. The molecule has 0 unspecified atom stereocenters. The van der Waals surface area contributed by atoms with Crippen molar-refractivity contribution < 1.29 is 0 Å². The van der Waals surface area contributed by atoms with Gasteiger partial charge in [-0.15, -0.1) is 0 Å². The van der Waals surface area contributed by atoms with Crippen molar-refractivity contribution in [1.29, 1.82) is 0 Å². The van der Waals surface area contributed by atoms with Crippen molar-refractivity contribution in [3.05, 3.63) is 48.0 Å². The van der Waals surface area contributed by atoms with Gasteiger partial charge >= 0.3 is 0 Å². The summed E-state index contributed by atoms with van der Waals surface area (Å²) < 4.78 is 0. The van der Waals surface area contributed by atoms with Crippen molar-refractivity contribution >= 4 is 27.5 Å². The van der Waals surface area contributed by atoms with E-state index in [1.807, 2.05) is 18.2 Å². The molecule has 0 aliphatic heterocycles.